The van der Waals surface area contributed by atoms with Gasteiger partial charge < -0.3 is 13.6 Å². The lowest BCUT2D eigenvalue weighted by Gasteiger charge is -2.23. The van der Waals surface area contributed by atoms with Crippen LogP contribution in [0, 0.1) is 0 Å². The van der Waals surface area contributed by atoms with Crippen LogP contribution in [0.15, 0.2) is 205 Å². The van der Waals surface area contributed by atoms with Gasteiger partial charge in [-0.15, -0.1) is 0 Å². The van der Waals surface area contributed by atoms with Gasteiger partial charge in [0.1, 0.15) is 11.3 Å². The van der Waals surface area contributed by atoms with E-state index in [4.69, 9.17) is 4.42 Å². The molecule has 0 bridgehead atoms. The van der Waals surface area contributed by atoms with Gasteiger partial charge >= 0.3 is 0 Å². The van der Waals surface area contributed by atoms with Gasteiger partial charge in [-0.3, -0.25) is 0 Å². The molecule has 9 aromatic carbocycles. The first kappa shape index (κ1) is 37.3. The lowest BCUT2D eigenvalue weighted by molar-refractivity contribution is 0.546. The van der Waals surface area contributed by atoms with Gasteiger partial charge in [-0.05, 0) is 129 Å². The van der Waals surface area contributed by atoms with E-state index in [-0.39, 0.29) is 5.41 Å². The van der Waals surface area contributed by atoms with Gasteiger partial charge in [0.25, 0.3) is 0 Å². The number of furan rings is 1. The molecule has 0 saturated heterocycles. The molecule has 12 aromatic rings. The Bertz CT molecular complexity index is 3950. The summed E-state index contributed by atoms with van der Waals surface area (Å²) in [4.78, 5) is 0. The maximum atomic E-state index is 6.47. The van der Waals surface area contributed by atoms with Crippen LogP contribution in [0.2, 0.25) is 0 Å². The Morgan fingerprint density at radius 2 is 1.05 bits per heavy atom. The van der Waals surface area contributed by atoms with Crippen LogP contribution >= 0.6 is 0 Å². The SMILES string of the molecule is CC1(C)c2cc(-n3c4ccccc4c4cc(-c5ccc6c7ccccc7n(-c7cc(-c8ccccc8)cc(-c8ccccc8)c7)c6c5)ccc43)ccc2-c2ccc3oc4c(c3c21)C=CCC4. The molecule has 2 aliphatic rings. The topological polar surface area (TPSA) is 23.0 Å². The normalized spacial score (nSPS) is 13.8. The Morgan fingerprint density at radius 3 is 1.79 bits per heavy atom. The molecule has 3 heterocycles. The maximum absolute atomic E-state index is 6.47. The minimum atomic E-state index is -0.206. The lowest BCUT2D eigenvalue weighted by Crippen LogP contribution is -2.16. The number of benzene rings is 9. The van der Waals surface area contributed by atoms with Gasteiger partial charge in [-0.2, -0.15) is 0 Å². The van der Waals surface area contributed by atoms with E-state index in [1.54, 1.807) is 0 Å². The highest BCUT2D eigenvalue weighted by Gasteiger charge is 2.39. The van der Waals surface area contributed by atoms with Crippen molar-refractivity contribution in [1.29, 1.82) is 0 Å². The Balaban J connectivity index is 0.922. The molecular formula is C63H44N2O. The molecule has 0 N–H and O–H groups in total. The molecule has 14 rings (SSSR count). The molecule has 312 valence electrons. The van der Waals surface area contributed by atoms with Crippen molar-refractivity contribution < 1.29 is 4.42 Å². The van der Waals surface area contributed by atoms with E-state index in [1.165, 1.54) is 116 Å². The molecule has 3 aromatic heterocycles. The molecule has 66 heavy (non-hydrogen) atoms. The van der Waals surface area contributed by atoms with Crippen LogP contribution in [0.25, 0.3) is 117 Å². The third-order valence-electron chi connectivity index (χ3n) is 14.7. The van der Waals surface area contributed by atoms with Crippen molar-refractivity contribution in [2.24, 2.45) is 0 Å². The summed E-state index contributed by atoms with van der Waals surface area (Å²) in [5, 5.41) is 6.26. The summed E-state index contributed by atoms with van der Waals surface area (Å²) in [5.74, 6) is 1.12. The van der Waals surface area contributed by atoms with Gasteiger partial charge in [-0.25, -0.2) is 0 Å². The van der Waals surface area contributed by atoms with E-state index < -0.39 is 0 Å². The number of hydrogen-bond acceptors (Lipinski definition) is 1. The van der Waals surface area contributed by atoms with Crippen LogP contribution in [0.4, 0.5) is 0 Å². The second-order valence-corrected chi connectivity index (χ2v) is 18.8. The van der Waals surface area contributed by atoms with Gasteiger partial charge in [-0.1, -0.05) is 153 Å². The summed E-state index contributed by atoms with van der Waals surface area (Å²) in [5.41, 5.74) is 21.7. The second kappa shape index (κ2) is 13.9. The quantitative estimate of drug-likeness (QED) is 0.169. The largest absolute Gasteiger partial charge is 0.460 e. The highest BCUT2D eigenvalue weighted by molar-refractivity contribution is 6.13. The number of allylic oxidation sites excluding steroid dienone is 1. The van der Waals surface area contributed by atoms with Crippen LogP contribution in [-0.2, 0) is 11.8 Å². The van der Waals surface area contributed by atoms with Crippen molar-refractivity contribution in [3.05, 3.63) is 223 Å². The highest BCUT2D eigenvalue weighted by Crippen LogP contribution is 2.54. The summed E-state index contributed by atoms with van der Waals surface area (Å²) in [7, 11) is 0. The van der Waals surface area contributed by atoms with Crippen molar-refractivity contribution in [3.8, 4) is 55.9 Å². The van der Waals surface area contributed by atoms with Crippen LogP contribution in [0.1, 0.15) is 42.7 Å². The van der Waals surface area contributed by atoms with E-state index in [0.717, 1.165) is 29.9 Å². The number of fused-ring (bicyclic) bond motifs is 13. The van der Waals surface area contributed by atoms with E-state index >= 15 is 0 Å². The number of aryl methyl sites for hydroxylation is 1. The summed E-state index contributed by atoms with van der Waals surface area (Å²) < 4.78 is 11.4. The number of rotatable bonds is 5. The van der Waals surface area contributed by atoms with Crippen LogP contribution in [0.5, 0.6) is 0 Å². The predicted octanol–water partition coefficient (Wildman–Crippen LogP) is 16.9. The Morgan fingerprint density at radius 1 is 0.439 bits per heavy atom. The standard InChI is InChI=1S/C63H44N2O/c1-63(2)54-38-45(27-29-47(54)51-30-32-60-61(62(51)63)52-21-11-14-24-59(52)66-60)64-56-23-13-10-20-49(56)53-36-41(26-31-57(53)64)42-25-28-50-48-19-9-12-22-55(48)65(58(50)37-42)46-34-43(39-15-5-3-6-16-39)33-44(35-46)40-17-7-4-8-18-40/h3-13,15-23,25-38H,14,24H2,1-2H3. The molecule has 0 saturated carbocycles. The van der Waals surface area contributed by atoms with E-state index in [1.807, 2.05) is 0 Å². The molecule has 3 nitrogen and oxygen atoms in total. The first-order chi connectivity index (χ1) is 32.5. The molecule has 0 amide bonds. The molecule has 0 spiro atoms. The third kappa shape index (κ3) is 5.37. The molecular weight excluding hydrogens is 801 g/mol. The predicted molar refractivity (Wildman–Crippen MR) is 276 cm³/mol. The zero-order chi connectivity index (χ0) is 43.7. The van der Waals surface area contributed by atoms with Gasteiger partial charge in [0.05, 0.1) is 22.1 Å². The average Bonchev–Trinajstić information content (AvgIpc) is 4.08. The molecule has 0 radical (unpaired) electrons. The zero-order valence-electron chi connectivity index (χ0n) is 36.8. The molecule has 2 aliphatic carbocycles. The van der Waals surface area contributed by atoms with Crippen LogP contribution < -0.4 is 0 Å². The van der Waals surface area contributed by atoms with Crippen LogP contribution in [-0.4, -0.2) is 9.13 Å². The minimum Gasteiger partial charge on any atom is -0.460 e. The van der Waals surface area contributed by atoms with Crippen molar-refractivity contribution >= 4 is 60.7 Å². The Hall–Kier alpha value is -8.14. The Kier molecular flexibility index (Phi) is 7.86. The fourth-order valence-corrected chi connectivity index (χ4v) is 11.7. The minimum absolute atomic E-state index is 0.206. The molecule has 0 aliphatic heterocycles. The number of nitrogens with zero attached hydrogens (tertiary/aromatic N) is 2. The average molecular weight is 845 g/mol. The number of aromatic nitrogens is 2. The number of para-hydroxylation sites is 2. The third-order valence-corrected chi connectivity index (χ3v) is 14.7. The van der Waals surface area contributed by atoms with Crippen molar-refractivity contribution in [1.82, 2.24) is 9.13 Å². The second-order valence-electron chi connectivity index (χ2n) is 18.8. The van der Waals surface area contributed by atoms with Crippen molar-refractivity contribution in [2.45, 2.75) is 32.1 Å². The smallest absolute Gasteiger partial charge is 0.135 e. The molecule has 0 unspecified atom stereocenters. The van der Waals surface area contributed by atoms with Crippen molar-refractivity contribution in [3.63, 3.8) is 0 Å². The van der Waals surface area contributed by atoms with Crippen molar-refractivity contribution in [2.75, 3.05) is 0 Å². The fourth-order valence-electron chi connectivity index (χ4n) is 11.7. The monoisotopic (exact) mass is 844 g/mol. The summed E-state index contributed by atoms with van der Waals surface area (Å²) in [6.45, 7) is 4.78. The molecule has 3 heteroatoms. The van der Waals surface area contributed by atoms with E-state index in [0.29, 0.717) is 0 Å². The Labute approximate surface area is 383 Å². The summed E-state index contributed by atoms with van der Waals surface area (Å²) in [6, 6.07) is 71.9. The maximum Gasteiger partial charge on any atom is 0.135 e. The fraction of sp³-hybridized carbons (Fsp3) is 0.0794. The van der Waals surface area contributed by atoms with Gasteiger partial charge in [0.15, 0.2) is 0 Å². The van der Waals surface area contributed by atoms with Gasteiger partial charge in [0.2, 0.25) is 0 Å². The number of hydrogen-bond donors (Lipinski definition) is 0. The molecule has 0 atom stereocenters. The zero-order valence-corrected chi connectivity index (χ0v) is 36.8. The lowest BCUT2D eigenvalue weighted by atomic mass is 9.79. The van der Waals surface area contributed by atoms with Gasteiger partial charge in [0, 0.05) is 55.7 Å². The summed E-state index contributed by atoms with van der Waals surface area (Å²) in [6.07, 6.45) is 6.57. The first-order valence-corrected chi connectivity index (χ1v) is 23.2. The molecule has 0 fully saturated rings. The first-order valence-electron chi connectivity index (χ1n) is 23.2. The summed E-state index contributed by atoms with van der Waals surface area (Å²) >= 11 is 0. The van der Waals surface area contributed by atoms with Crippen LogP contribution in [0.3, 0.4) is 0 Å². The highest BCUT2D eigenvalue weighted by atomic mass is 16.3. The van der Waals surface area contributed by atoms with E-state index in [2.05, 4.69) is 229 Å². The van der Waals surface area contributed by atoms with E-state index in [9.17, 15) is 0 Å².